The van der Waals surface area contributed by atoms with E-state index in [1.807, 2.05) is 38.1 Å². The van der Waals surface area contributed by atoms with Gasteiger partial charge in [0.1, 0.15) is 0 Å². The summed E-state index contributed by atoms with van der Waals surface area (Å²) in [4.78, 5) is 39.7. The highest BCUT2D eigenvalue weighted by Crippen LogP contribution is 2.34. The number of hydrogen-bond donors (Lipinski definition) is 4. The van der Waals surface area contributed by atoms with Crippen LogP contribution < -0.4 is 21.3 Å². The molecule has 0 aromatic heterocycles. The number of unbranched alkanes of at least 4 members (excludes halogenated alkanes) is 1. The van der Waals surface area contributed by atoms with Crippen molar-refractivity contribution in [3.63, 3.8) is 0 Å². The molecule has 35 heavy (non-hydrogen) atoms. The summed E-state index contributed by atoms with van der Waals surface area (Å²) in [5.41, 5.74) is 7.68. The number of hydrogen-bond acceptors (Lipinski definition) is 5. The molecule has 8 nitrogen and oxygen atoms in total. The fraction of sp³-hybridized carbons (Fsp3) is 0.667. The number of nitrogens with zero attached hydrogens (tertiary/aromatic N) is 1. The molecule has 1 aromatic rings. The van der Waals surface area contributed by atoms with Crippen LogP contribution in [0.15, 0.2) is 24.3 Å². The molecular formula is C27H44N4O4. The fourth-order valence-corrected chi connectivity index (χ4v) is 4.77. The summed E-state index contributed by atoms with van der Waals surface area (Å²) in [6, 6.07) is 7.14. The van der Waals surface area contributed by atoms with Gasteiger partial charge >= 0.3 is 0 Å². The van der Waals surface area contributed by atoms with E-state index in [0.717, 1.165) is 24.1 Å². The molecule has 1 aliphatic heterocycles. The zero-order valence-corrected chi connectivity index (χ0v) is 22.0. The van der Waals surface area contributed by atoms with E-state index in [9.17, 15) is 19.5 Å². The second-order valence-electron chi connectivity index (χ2n) is 10.7. The number of benzene rings is 1. The number of nitrogens with two attached hydrogens (primary N) is 1. The fourth-order valence-electron chi connectivity index (χ4n) is 4.77. The SMILES string of the molecule is CCCCNC(=O)[C@H](C)C[C@H](O)[C@@H](N)CC(C)(C)CC(=O)N1CC(C(=O)NC)Cc2ccccc21. The van der Waals surface area contributed by atoms with Gasteiger partial charge in [-0.2, -0.15) is 0 Å². The predicted octanol–water partition coefficient (Wildman–Crippen LogP) is 2.38. The first-order valence-electron chi connectivity index (χ1n) is 12.8. The Morgan fingerprint density at radius 2 is 1.94 bits per heavy atom. The molecule has 0 radical (unpaired) electrons. The maximum atomic E-state index is 13.4. The predicted molar refractivity (Wildman–Crippen MR) is 139 cm³/mol. The minimum Gasteiger partial charge on any atom is -0.391 e. The molecule has 4 atom stereocenters. The summed E-state index contributed by atoms with van der Waals surface area (Å²) < 4.78 is 0. The van der Waals surface area contributed by atoms with Crippen molar-refractivity contribution in [1.82, 2.24) is 10.6 Å². The summed E-state index contributed by atoms with van der Waals surface area (Å²) in [5, 5.41) is 16.3. The van der Waals surface area contributed by atoms with E-state index in [1.165, 1.54) is 0 Å². The number of anilines is 1. The van der Waals surface area contributed by atoms with Crippen molar-refractivity contribution in [2.75, 3.05) is 25.0 Å². The number of para-hydroxylation sites is 1. The van der Waals surface area contributed by atoms with Crippen LogP contribution in [-0.4, -0.2) is 55.1 Å². The minimum atomic E-state index is -0.843. The molecular weight excluding hydrogens is 444 g/mol. The molecule has 8 heteroatoms. The van der Waals surface area contributed by atoms with Crippen molar-refractivity contribution in [2.24, 2.45) is 23.0 Å². The van der Waals surface area contributed by atoms with Crippen LogP contribution in [0.5, 0.6) is 0 Å². The molecule has 196 valence electrons. The molecule has 5 N–H and O–H groups in total. The lowest BCUT2D eigenvalue weighted by Crippen LogP contribution is -2.47. The standard InChI is InChI=1S/C27H44N4O4/c1-6-7-12-30-25(34)18(2)13-23(32)21(28)15-27(3,4)16-24(33)31-17-20(26(35)29-5)14-19-10-8-9-11-22(19)31/h8-11,18,20-21,23,32H,6-7,12-17,28H2,1-5H3,(H,29,35)(H,30,34)/t18-,20?,21+,23+/m1/s1. The quantitative estimate of drug-likeness (QED) is 0.336. The molecule has 1 heterocycles. The molecule has 0 spiro atoms. The largest absolute Gasteiger partial charge is 0.391 e. The molecule has 3 amide bonds. The van der Waals surface area contributed by atoms with E-state index in [1.54, 1.807) is 18.9 Å². The lowest BCUT2D eigenvalue weighted by Gasteiger charge is -2.37. The zero-order chi connectivity index (χ0) is 26.2. The summed E-state index contributed by atoms with van der Waals surface area (Å²) in [7, 11) is 1.61. The minimum absolute atomic E-state index is 0.0681. The van der Waals surface area contributed by atoms with Crippen molar-refractivity contribution >= 4 is 23.4 Å². The Hall–Kier alpha value is -2.45. The van der Waals surface area contributed by atoms with Crippen molar-refractivity contribution in [3.8, 4) is 0 Å². The second-order valence-corrected chi connectivity index (χ2v) is 10.7. The van der Waals surface area contributed by atoms with E-state index in [0.29, 0.717) is 25.9 Å². The molecule has 0 fully saturated rings. The highest BCUT2D eigenvalue weighted by molar-refractivity contribution is 5.96. The van der Waals surface area contributed by atoms with Gasteiger partial charge < -0.3 is 26.4 Å². The molecule has 0 bridgehead atoms. The van der Waals surface area contributed by atoms with Crippen LogP contribution in [0.3, 0.4) is 0 Å². The van der Waals surface area contributed by atoms with Crippen molar-refractivity contribution in [1.29, 1.82) is 0 Å². The summed E-state index contributed by atoms with van der Waals surface area (Å²) in [5.74, 6) is -0.857. The van der Waals surface area contributed by atoms with E-state index < -0.39 is 17.6 Å². The van der Waals surface area contributed by atoms with Crippen LogP contribution in [0.4, 0.5) is 5.69 Å². The lowest BCUT2D eigenvalue weighted by atomic mass is 9.79. The van der Waals surface area contributed by atoms with Crippen LogP contribution in [0.2, 0.25) is 0 Å². The van der Waals surface area contributed by atoms with E-state index in [2.05, 4.69) is 17.6 Å². The molecule has 1 aromatic carbocycles. The first-order chi connectivity index (χ1) is 16.5. The van der Waals surface area contributed by atoms with Crippen LogP contribution in [0, 0.1) is 17.3 Å². The molecule has 0 saturated heterocycles. The van der Waals surface area contributed by atoms with Crippen LogP contribution in [-0.2, 0) is 20.8 Å². The monoisotopic (exact) mass is 488 g/mol. The Morgan fingerprint density at radius 1 is 1.26 bits per heavy atom. The third kappa shape index (κ3) is 8.32. The number of carbonyl (C=O) groups is 3. The number of amides is 3. The highest BCUT2D eigenvalue weighted by Gasteiger charge is 2.35. The number of carbonyl (C=O) groups excluding carboxylic acids is 3. The van der Waals surface area contributed by atoms with Gasteiger partial charge in [0, 0.05) is 44.2 Å². The van der Waals surface area contributed by atoms with Crippen molar-refractivity contribution < 1.29 is 19.5 Å². The van der Waals surface area contributed by atoms with Gasteiger partial charge in [0.25, 0.3) is 0 Å². The van der Waals surface area contributed by atoms with Gasteiger partial charge in [-0.05, 0) is 42.7 Å². The normalized spacial score (nSPS) is 18.3. The molecule has 1 unspecified atom stereocenters. The molecule has 1 aliphatic rings. The van der Waals surface area contributed by atoms with Crippen LogP contribution >= 0.6 is 0 Å². The van der Waals surface area contributed by atoms with Gasteiger partial charge in [0.15, 0.2) is 0 Å². The maximum Gasteiger partial charge on any atom is 0.227 e. The Bertz CT molecular complexity index is 872. The number of aliphatic hydroxyl groups is 1. The Kier molecular flexibility index (Phi) is 10.7. The zero-order valence-electron chi connectivity index (χ0n) is 22.0. The summed E-state index contributed by atoms with van der Waals surface area (Å²) in [6.45, 7) is 8.76. The first-order valence-corrected chi connectivity index (χ1v) is 12.8. The average molecular weight is 489 g/mol. The van der Waals surface area contributed by atoms with Gasteiger partial charge in [0.05, 0.1) is 12.0 Å². The number of fused-ring (bicyclic) bond motifs is 1. The second kappa shape index (κ2) is 13.0. The van der Waals surface area contributed by atoms with Gasteiger partial charge in [0.2, 0.25) is 17.7 Å². The summed E-state index contributed by atoms with van der Waals surface area (Å²) >= 11 is 0. The Balaban J connectivity index is 1.99. The van der Waals surface area contributed by atoms with Crippen LogP contribution in [0.25, 0.3) is 0 Å². The van der Waals surface area contributed by atoms with Crippen molar-refractivity contribution in [2.45, 2.75) is 78.4 Å². The van der Waals surface area contributed by atoms with E-state index in [-0.39, 0.29) is 42.4 Å². The van der Waals surface area contributed by atoms with Gasteiger partial charge in [-0.1, -0.05) is 52.3 Å². The highest BCUT2D eigenvalue weighted by atomic mass is 16.3. The van der Waals surface area contributed by atoms with Gasteiger partial charge in [-0.25, -0.2) is 0 Å². The van der Waals surface area contributed by atoms with Gasteiger partial charge in [-0.15, -0.1) is 0 Å². The number of rotatable bonds is 12. The van der Waals surface area contributed by atoms with Gasteiger partial charge in [-0.3, -0.25) is 14.4 Å². The number of aliphatic hydroxyl groups excluding tert-OH is 1. The topological polar surface area (TPSA) is 125 Å². The first kappa shape index (κ1) is 28.8. The molecule has 0 saturated carbocycles. The lowest BCUT2D eigenvalue weighted by molar-refractivity contribution is -0.126. The smallest absolute Gasteiger partial charge is 0.227 e. The van der Waals surface area contributed by atoms with Crippen LogP contribution in [0.1, 0.15) is 65.4 Å². The van der Waals surface area contributed by atoms with Crippen molar-refractivity contribution in [3.05, 3.63) is 29.8 Å². The third-order valence-electron chi connectivity index (χ3n) is 6.85. The maximum absolute atomic E-state index is 13.4. The molecule has 0 aliphatic carbocycles. The summed E-state index contributed by atoms with van der Waals surface area (Å²) in [6.07, 6.45) is 2.62. The Labute approximate surface area is 210 Å². The Morgan fingerprint density at radius 3 is 2.60 bits per heavy atom. The van der Waals surface area contributed by atoms with E-state index in [4.69, 9.17) is 5.73 Å². The third-order valence-corrected chi connectivity index (χ3v) is 6.85. The number of nitrogens with one attached hydrogen (secondary N) is 2. The van der Waals surface area contributed by atoms with E-state index >= 15 is 0 Å². The average Bonchev–Trinajstić information content (AvgIpc) is 2.81. The molecule has 2 rings (SSSR count).